The highest BCUT2D eigenvalue weighted by atomic mass is 35.5. The number of aryl methyl sites for hydroxylation is 1. The minimum absolute atomic E-state index is 0.0706. The molecule has 0 aliphatic carbocycles. The molecule has 1 atom stereocenters. The Kier molecular flexibility index (Phi) is 5.00. The maximum absolute atomic E-state index is 12.3. The third-order valence-electron chi connectivity index (χ3n) is 3.78. The van der Waals surface area contributed by atoms with Crippen LogP contribution in [0.25, 0.3) is 11.0 Å². The number of hydrogen-bond donors (Lipinski definition) is 0. The molecule has 6 heteroatoms. The third kappa shape index (κ3) is 3.67. The summed E-state index contributed by atoms with van der Waals surface area (Å²) in [6.07, 6.45) is -0.700. The number of fused-ring (bicyclic) bond motifs is 1. The molecule has 0 spiro atoms. The molecule has 1 unspecified atom stereocenters. The van der Waals surface area contributed by atoms with Crippen molar-refractivity contribution in [1.29, 1.82) is 0 Å². The van der Waals surface area contributed by atoms with Crippen molar-refractivity contribution in [2.75, 3.05) is 7.05 Å². The molecule has 0 saturated heterocycles. The van der Waals surface area contributed by atoms with E-state index < -0.39 is 11.7 Å². The van der Waals surface area contributed by atoms with Gasteiger partial charge in [-0.15, -0.1) is 0 Å². The van der Waals surface area contributed by atoms with E-state index in [1.807, 2.05) is 13.8 Å². The number of likely N-dealkylation sites (N-methyl/N-ethyl adjacent to an activating group) is 1. The summed E-state index contributed by atoms with van der Waals surface area (Å²) < 4.78 is 10.9. The Balaban J connectivity index is 2.35. The molecule has 1 aromatic carbocycles. The second-order valence-corrected chi connectivity index (χ2v) is 6.24. The Hall–Kier alpha value is -2.01. The molecule has 23 heavy (non-hydrogen) atoms. The van der Waals surface area contributed by atoms with Crippen molar-refractivity contribution in [3.05, 3.63) is 39.2 Å². The summed E-state index contributed by atoms with van der Waals surface area (Å²) in [5.41, 5.74) is 0.714. The molecule has 2 aromatic rings. The molecule has 0 aliphatic heterocycles. The number of nitrogens with zero attached hydrogens (tertiary/aromatic N) is 1. The minimum Gasteiger partial charge on any atom is -0.479 e. The molecule has 0 fully saturated rings. The Morgan fingerprint density at radius 1 is 1.26 bits per heavy atom. The summed E-state index contributed by atoms with van der Waals surface area (Å²) in [5.74, 6) is 0.160. The van der Waals surface area contributed by atoms with Crippen molar-refractivity contribution in [2.45, 2.75) is 39.8 Å². The number of ether oxygens (including phenoxy) is 1. The molecule has 5 nitrogen and oxygen atoms in total. The number of hydrogen-bond acceptors (Lipinski definition) is 4. The normalized spacial score (nSPS) is 12.5. The first kappa shape index (κ1) is 17.3. The second kappa shape index (κ2) is 6.62. The summed E-state index contributed by atoms with van der Waals surface area (Å²) in [7, 11) is 1.72. The van der Waals surface area contributed by atoms with Crippen LogP contribution in [0.4, 0.5) is 0 Å². The Labute approximate surface area is 139 Å². The van der Waals surface area contributed by atoms with Crippen LogP contribution in [0.15, 0.2) is 27.4 Å². The van der Waals surface area contributed by atoms with E-state index >= 15 is 0 Å². The van der Waals surface area contributed by atoms with Gasteiger partial charge < -0.3 is 14.1 Å². The molecular weight excluding hydrogens is 318 g/mol. The van der Waals surface area contributed by atoms with E-state index in [1.54, 1.807) is 37.9 Å². The van der Waals surface area contributed by atoms with Crippen LogP contribution in [-0.4, -0.2) is 30.0 Å². The average Bonchev–Trinajstić information content (AvgIpc) is 2.47. The summed E-state index contributed by atoms with van der Waals surface area (Å²) >= 11 is 6.24. The maximum atomic E-state index is 12.3. The topological polar surface area (TPSA) is 59.8 Å². The summed E-state index contributed by atoms with van der Waals surface area (Å²) in [6.45, 7) is 7.31. The lowest BCUT2D eigenvalue weighted by molar-refractivity contribution is -0.138. The number of rotatable bonds is 4. The predicted molar refractivity (Wildman–Crippen MR) is 90.2 cm³/mol. The highest BCUT2D eigenvalue weighted by Gasteiger charge is 2.22. The van der Waals surface area contributed by atoms with Crippen LogP contribution in [-0.2, 0) is 4.79 Å². The number of halogens is 1. The molecule has 1 aromatic heterocycles. The van der Waals surface area contributed by atoms with Crippen LogP contribution >= 0.6 is 11.6 Å². The zero-order valence-corrected chi connectivity index (χ0v) is 14.6. The zero-order valence-electron chi connectivity index (χ0n) is 13.8. The fourth-order valence-electron chi connectivity index (χ4n) is 2.19. The molecule has 0 N–H and O–H groups in total. The van der Waals surface area contributed by atoms with Crippen molar-refractivity contribution in [3.8, 4) is 5.75 Å². The van der Waals surface area contributed by atoms with Crippen LogP contribution in [0.1, 0.15) is 26.3 Å². The van der Waals surface area contributed by atoms with Crippen LogP contribution in [0.2, 0.25) is 5.02 Å². The molecule has 0 bridgehead atoms. The quantitative estimate of drug-likeness (QED) is 0.802. The van der Waals surface area contributed by atoms with Crippen LogP contribution in [0.3, 0.4) is 0 Å². The number of benzene rings is 1. The highest BCUT2D eigenvalue weighted by molar-refractivity contribution is 6.32. The van der Waals surface area contributed by atoms with E-state index in [0.717, 1.165) is 10.9 Å². The first-order valence-electron chi connectivity index (χ1n) is 7.38. The van der Waals surface area contributed by atoms with Gasteiger partial charge >= 0.3 is 5.63 Å². The SMILES string of the molecule is Cc1cc(=O)oc2cc(OC(C)C(=O)N(C)C(C)C)c(Cl)cc12. The fourth-order valence-corrected chi connectivity index (χ4v) is 2.40. The second-order valence-electron chi connectivity index (χ2n) is 5.83. The van der Waals surface area contributed by atoms with Gasteiger partial charge in [-0.3, -0.25) is 4.79 Å². The smallest absolute Gasteiger partial charge is 0.336 e. The van der Waals surface area contributed by atoms with Gasteiger partial charge in [-0.2, -0.15) is 0 Å². The highest BCUT2D eigenvalue weighted by Crippen LogP contribution is 2.31. The van der Waals surface area contributed by atoms with E-state index in [1.165, 1.54) is 6.07 Å². The molecule has 124 valence electrons. The summed E-state index contributed by atoms with van der Waals surface area (Å²) in [5, 5.41) is 1.10. The zero-order chi connectivity index (χ0) is 17.3. The van der Waals surface area contributed by atoms with Gasteiger partial charge in [0.25, 0.3) is 5.91 Å². The largest absolute Gasteiger partial charge is 0.479 e. The Bertz CT molecular complexity index is 797. The van der Waals surface area contributed by atoms with E-state index in [4.69, 9.17) is 20.8 Å². The van der Waals surface area contributed by atoms with Crippen molar-refractivity contribution in [3.63, 3.8) is 0 Å². The molecule has 0 radical (unpaired) electrons. The molecule has 1 heterocycles. The van der Waals surface area contributed by atoms with Crippen LogP contribution in [0, 0.1) is 6.92 Å². The van der Waals surface area contributed by atoms with Gasteiger partial charge in [0, 0.05) is 30.6 Å². The minimum atomic E-state index is -0.700. The summed E-state index contributed by atoms with van der Waals surface area (Å²) in [4.78, 5) is 25.4. The predicted octanol–water partition coefficient (Wildman–Crippen LogP) is 3.39. The monoisotopic (exact) mass is 337 g/mol. The molecule has 0 aliphatic rings. The number of carbonyl (C=O) groups excluding carboxylic acids is 1. The van der Waals surface area contributed by atoms with Crippen molar-refractivity contribution < 1.29 is 13.9 Å². The van der Waals surface area contributed by atoms with Crippen molar-refractivity contribution in [2.24, 2.45) is 0 Å². The van der Waals surface area contributed by atoms with E-state index in [9.17, 15) is 9.59 Å². The lowest BCUT2D eigenvalue weighted by atomic mass is 10.1. The van der Waals surface area contributed by atoms with Gasteiger partial charge in [0.05, 0.1) is 5.02 Å². The first-order chi connectivity index (χ1) is 10.7. The molecule has 2 rings (SSSR count). The van der Waals surface area contributed by atoms with E-state index in [2.05, 4.69) is 0 Å². The number of carbonyl (C=O) groups is 1. The summed E-state index contributed by atoms with van der Waals surface area (Å²) in [6, 6.07) is 4.70. The fraction of sp³-hybridized carbons (Fsp3) is 0.412. The van der Waals surface area contributed by atoms with Gasteiger partial charge in [-0.05, 0) is 39.3 Å². The lowest BCUT2D eigenvalue weighted by Gasteiger charge is -2.25. The van der Waals surface area contributed by atoms with Gasteiger partial charge in [0.1, 0.15) is 11.3 Å². The average molecular weight is 338 g/mol. The number of amides is 1. The Morgan fingerprint density at radius 3 is 2.52 bits per heavy atom. The standard InChI is InChI=1S/C17H20ClNO4/c1-9(2)19(5)17(21)11(4)22-15-8-14-12(7-13(15)18)10(3)6-16(20)23-14/h6-9,11H,1-5H3. The lowest BCUT2D eigenvalue weighted by Crippen LogP contribution is -2.41. The third-order valence-corrected chi connectivity index (χ3v) is 4.07. The van der Waals surface area contributed by atoms with Gasteiger partial charge in [-0.1, -0.05) is 11.6 Å². The van der Waals surface area contributed by atoms with Crippen LogP contribution < -0.4 is 10.4 Å². The van der Waals surface area contributed by atoms with Gasteiger partial charge in [0.15, 0.2) is 6.10 Å². The van der Waals surface area contributed by atoms with E-state index in [0.29, 0.717) is 16.4 Å². The Morgan fingerprint density at radius 2 is 1.91 bits per heavy atom. The van der Waals surface area contributed by atoms with Crippen molar-refractivity contribution in [1.82, 2.24) is 4.90 Å². The van der Waals surface area contributed by atoms with Gasteiger partial charge in [0.2, 0.25) is 0 Å². The van der Waals surface area contributed by atoms with Gasteiger partial charge in [-0.25, -0.2) is 4.79 Å². The molecular formula is C17H20ClNO4. The van der Waals surface area contributed by atoms with Crippen molar-refractivity contribution >= 4 is 28.5 Å². The van der Waals surface area contributed by atoms with E-state index in [-0.39, 0.29) is 11.9 Å². The molecule has 1 amide bonds. The maximum Gasteiger partial charge on any atom is 0.336 e. The van der Waals surface area contributed by atoms with Crippen LogP contribution in [0.5, 0.6) is 5.75 Å². The molecule has 0 saturated carbocycles. The first-order valence-corrected chi connectivity index (χ1v) is 7.76.